The second-order valence-electron chi connectivity index (χ2n) is 6.22. The van der Waals surface area contributed by atoms with Gasteiger partial charge in [-0.1, -0.05) is 60.7 Å². The first-order valence-electron chi connectivity index (χ1n) is 8.35. The zero-order valence-corrected chi connectivity index (χ0v) is 13.6. The van der Waals surface area contributed by atoms with Gasteiger partial charge < -0.3 is 10.6 Å². The molecule has 24 heavy (non-hydrogen) atoms. The van der Waals surface area contributed by atoms with Crippen LogP contribution in [0.15, 0.2) is 60.7 Å². The molecule has 1 fully saturated rings. The van der Waals surface area contributed by atoms with E-state index in [0.717, 1.165) is 11.1 Å². The van der Waals surface area contributed by atoms with Crippen molar-refractivity contribution >= 4 is 11.7 Å². The first kappa shape index (κ1) is 16.4. The van der Waals surface area contributed by atoms with Gasteiger partial charge in [-0.2, -0.15) is 0 Å². The lowest BCUT2D eigenvalue weighted by atomic mass is 9.88. The minimum atomic E-state index is -0.632. The Kier molecular flexibility index (Phi) is 5.06. The van der Waals surface area contributed by atoms with Crippen molar-refractivity contribution in [2.75, 3.05) is 13.1 Å². The molecule has 1 aliphatic rings. The summed E-state index contributed by atoms with van der Waals surface area (Å²) < 4.78 is 0. The lowest BCUT2D eigenvalue weighted by Crippen LogP contribution is -2.44. The van der Waals surface area contributed by atoms with Crippen LogP contribution in [-0.2, 0) is 4.79 Å². The Morgan fingerprint density at radius 2 is 1.46 bits per heavy atom. The fourth-order valence-electron chi connectivity index (χ4n) is 3.20. The predicted molar refractivity (Wildman–Crippen MR) is 93.4 cm³/mol. The molecule has 0 saturated carbocycles. The molecule has 0 aliphatic carbocycles. The van der Waals surface area contributed by atoms with Gasteiger partial charge in [0.05, 0.1) is 0 Å². The molecule has 1 atom stereocenters. The Labute approximate surface area is 142 Å². The number of ketones is 1. The lowest BCUT2D eigenvalue weighted by molar-refractivity contribution is -0.134. The second kappa shape index (κ2) is 7.41. The number of benzene rings is 2. The molecule has 4 heteroatoms. The molecule has 2 aromatic carbocycles. The van der Waals surface area contributed by atoms with Crippen LogP contribution in [0.3, 0.4) is 0 Å². The Morgan fingerprint density at radius 1 is 0.917 bits per heavy atom. The molecule has 0 spiro atoms. The number of hydrogen-bond acceptors (Lipinski definition) is 3. The van der Waals surface area contributed by atoms with Crippen LogP contribution in [0.1, 0.15) is 34.8 Å². The maximum Gasteiger partial charge on any atom is 0.244 e. The van der Waals surface area contributed by atoms with Crippen molar-refractivity contribution in [3.8, 4) is 0 Å². The minimum absolute atomic E-state index is 0.00982. The third-order valence-corrected chi connectivity index (χ3v) is 4.66. The molecule has 4 nitrogen and oxygen atoms in total. The number of carbonyl (C=O) groups excluding carboxylic acids is 2. The second-order valence-corrected chi connectivity index (χ2v) is 6.22. The average molecular weight is 322 g/mol. The third-order valence-electron chi connectivity index (χ3n) is 4.66. The zero-order valence-electron chi connectivity index (χ0n) is 13.6. The Hall–Kier alpha value is -2.46. The van der Waals surface area contributed by atoms with Gasteiger partial charge in [0.15, 0.2) is 5.78 Å². The van der Waals surface area contributed by atoms with Crippen molar-refractivity contribution in [1.82, 2.24) is 4.90 Å². The highest BCUT2D eigenvalue weighted by Crippen LogP contribution is 2.24. The molecule has 3 rings (SSSR count). The molecule has 2 aromatic rings. The van der Waals surface area contributed by atoms with Gasteiger partial charge in [-0.3, -0.25) is 9.59 Å². The van der Waals surface area contributed by atoms with Gasteiger partial charge in [-0.05, 0) is 18.4 Å². The smallest absolute Gasteiger partial charge is 0.244 e. The van der Waals surface area contributed by atoms with Crippen molar-refractivity contribution in [1.29, 1.82) is 0 Å². The number of rotatable bonds is 4. The van der Waals surface area contributed by atoms with E-state index in [4.69, 9.17) is 5.73 Å². The number of Topliss-reactive ketones (excluding diaryl/α,β-unsaturated/α-hetero) is 1. The normalized spacial score (nSPS) is 16.6. The summed E-state index contributed by atoms with van der Waals surface area (Å²) in [4.78, 5) is 26.8. The summed E-state index contributed by atoms with van der Waals surface area (Å²) in [6.07, 6.45) is 1.39. The van der Waals surface area contributed by atoms with Crippen LogP contribution in [-0.4, -0.2) is 29.7 Å². The van der Waals surface area contributed by atoms with Crippen molar-refractivity contribution in [3.05, 3.63) is 71.8 Å². The fourth-order valence-corrected chi connectivity index (χ4v) is 3.20. The first-order valence-corrected chi connectivity index (χ1v) is 8.35. The van der Waals surface area contributed by atoms with Crippen LogP contribution < -0.4 is 5.73 Å². The minimum Gasteiger partial charge on any atom is -0.341 e. The highest BCUT2D eigenvalue weighted by atomic mass is 16.2. The molecule has 124 valence electrons. The number of nitrogens with zero attached hydrogens (tertiary/aromatic N) is 1. The summed E-state index contributed by atoms with van der Waals surface area (Å²) in [6, 6.07) is 18.1. The summed E-state index contributed by atoms with van der Waals surface area (Å²) in [5.74, 6) is 0.103. The number of likely N-dealkylation sites (tertiary alicyclic amines) is 1. The van der Waals surface area contributed by atoms with Gasteiger partial charge in [0, 0.05) is 24.6 Å². The summed E-state index contributed by atoms with van der Waals surface area (Å²) >= 11 is 0. The van der Waals surface area contributed by atoms with E-state index in [-0.39, 0.29) is 17.6 Å². The Morgan fingerprint density at radius 3 is 2.04 bits per heavy atom. The number of piperidine rings is 1. The SMILES string of the molecule is N[C@H](C(=O)N1CCC(C(=O)c2ccccc2)CC1)c1ccccc1. The van der Waals surface area contributed by atoms with Crippen molar-refractivity contribution in [2.24, 2.45) is 11.7 Å². The van der Waals surface area contributed by atoms with Crippen molar-refractivity contribution in [2.45, 2.75) is 18.9 Å². The van der Waals surface area contributed by atoms with Gasteiger partial charge in [0.25, 0.3) is 0 Å². The topological polar surface area (TPSA) is 63.4 Å². The molecular formula is C20H22N2O2. The van der Waals surface area contributed by atoms with E-state index in [1.54, 1.807) is 4.90 Å². The maximum absolute atomic E-state index is 12.6. The van der Waals surface area contributed by atoms with E-state index < -0.39 is 6.04 Å². The van der Waals surface area contributed by atoms with Crippen LogP contribution in [0.25, 0.3) is 0 Å². The summed E-state index contributed by atoms with van der Waals surface area (Å²) in [7, 11) is 0. The Bertz CT molecular complexity index is 692. The highest BCUT2D eigenvalue weighted by molar-refractivity contribution is 5.98. The van der Waals surface area contributed by atoms with Crippen molar-refractivity contribution < 1.29 is 9.59 Å². The third kappa shape index (κ3) is 3.54. The monoisotopic (exact) mass is 322 g/mol. The standard InChI is InChI=1S/C20H22N2O2/c21-18(15-7-3-1-4-8-15)20(24)22-13-11-17(12-14-22)19(23)16-9-5-2-6-10-16/h1-10,17-18H,11-14,21H2/t18-/m0/s1. The zero-order chi connectivity index (χ0) is 16.9. The number of hydrogen-bond donors (Lipinski definition) is 1. The van der Waals surface area contributed by atoms with Gasteiger partial charge in [0.1, 0.15) is 6.04 Å². The molecule has 1 heterocycles. The number of amides is 1. The summed E-state index contributed by atoms with van der Waals surface area (Å²) in [6.45, 7) is 1.17. The molecule has 0 unspecified atom stereocenters. The van der Waals surface area contributed by atoms with E-state index >= 15 is 0 Å². The van der Waals surface area contributed by atoms with Crippen LogP contribution in [0, 0.1) is 5.92 Å². The molecule has 1 aliphatic heterocycles. The Balaban J connectivity index is 1.59. The maximum atomic E-state index is 12.6. The van der Waals surface area contributed by atoms with E-state index in [0.29, 0.717) is 25.9 Å². The van der Waals surface area contributed by atoms with Crippen LogP contribution >= 0.6 is 0 Å². The van der Waals surface area contributed by atoms with E-state index in [9.17, 15) is 9.59 Å². The van der Waals surface area contributed by atoms with Crippen molar-refractivity contribution in [3.63, 3.8) is 0 Å². The van der Waals surface area contributed by atoms with Gasteiger partial charge in [0.2, 0.25) is 5.91 Å². The molecule has 0 radical (unpaired) electrons. The molecule has 1 saturated heterocycles. The lowest BCUT2D eigenvalue weighted by Gasteiger charge is -2.33. The quantitative estimate of drug-likeness (QED) is 0.880. The molecule has 1 amide bonds. The number of carbonyl (C=O) groups is 2. The summed E-state index contributed by atoms with van der Waals surface area (Å²) in [5.41, 5.74) is 7.67. The average Bonchev–Trinajstić information content (AvgIpc) is 2.68. The largest absolute Gasteiger partial charge is 0.341 e. The predicted octanol–water partition coefficient (Wildman–Crippen LogP) is 2.81. The van der Waals surface area contributed by atoms with Crippen LogP contribution in [0.5, 0.6) is 0 Å². The van der Waals surface area contributed by atoms with Gasteiger partial charge in [-0.15, -0.1) is 0 Å². The first-order chi connectivity index (χ1) is 11.7. The van der Waals surface area contributed by atoms with Gasteiger partial charge in [-0.25, -0.2) is 0 Å². The molecule has 0 aromatic heterocycles. The molecule has 0 bridgehead atoms. The van der Waals surface area contributed by atoms with Gasteiger partial charge >= 0.3 is 0 Å². The fraction of sp³-hybridized carbons (Fsp3) is 0.300. The molecule has 2 N–H and O–H groups in total. The highest BCUT2D eigenvalue weighted by Gasteiger charge is 2.30. The van der Waals surface area contributed by atoms with E-state index in [1.807, 2.05) is 60.7 Å². The van der Waals surface area contributed by atoms with E-state index in [2.05, 4.69) is 0 Å². The number of nitrogens with two attached hydrogens (primary N) is 1. The van der Waals surface area contributed by atoms with Crippen LogP contribution in [0.4, 0.5) is 0 Å². The molecular weight excluding hydrogens is 300 g/mol. The van der Waals surface area contributed by atoms with Crippen LogP contribution in [0.2, 0.25) is 0 Å². The summed E-state index contributed by atoms with van der Waals surface area (Å²) in [5, 5.41) is 0. The van der Waals surface area contributed by atoms with E-state index in [1.165, 1.54) is 0 Å².